The van der Waals surface area contributed by atoms with Crippen LogP contribution in [0.2, 0.25) is 0 Å². The normalized spacial score (nSPS) is 27.0. The number of carbonyl (C=O) groups is 1. The molecule has 1 heterocycles. The van der Waals surface area contributed by atoms with Gasteiger partial charge in [0.1, 0.15) is 11.9 Å². The number of nitrogens with zero attached hydrogens (tertiary/aromatic N) is 3. The summed E-state index contributed by atoms with van der Waals surface area (Å²) >= 11 is 0. The summed E-state index contributed by atoms with van der Waals surface area (Å²) in [4.78, 5) is 17.5. The first-order chi connectivity index (χ1) is 12.7. The van der Waals surface area contributed by atoms with E-state index < -0.39 is 0 Å². The molecule has 26 heavy (non-hydrogen) atoms. The lowest BCUT2D eigenvalue weighted by atomic mass is 9.81. The molecule has 5 heteroatoms. The number of benzene rings is 1. The monoisotopic (exact) mass is 353 g/mol. The van der Waals surface area contributed by atoms with E-state index in [1.54, 1.807) is 12.1 Å². The van der Waals surface area contributed by atoms with Crippen LogP contribution in [-0.4, -0.2) is 54.0 Å². The van der Waals surface area contributed by atoms with E-state index in [2.05, 4.69) is 15.9 Å². The molecule has 5 nitrogen and oxygen atoms in total. The van der Waals surface area contributed by atoms with Crippen molar-refractivity contribution >= 4 is 5.91 Å². The molecule has 2 saturated carbocycles. The number of nitriles is 1. The zero-order chi connectivity index (χ0) is 17.9. The molecule has 0 N–H and O–H groups in total. The Morgan fingerprint density at radius 2 is 1.81 bits per heavy atom. The van der Waals surface area contributed by atoms with Crippen LogP contribution < -0.4 is 4.74 Å². The molecule has 0 aromatic heterocycles. The Balaban J connectivity index is 1.23. The average molecular weight is 353 g/mol. The molecule has 138 valence electrons. The molecule has 2 aliphatic carbocycles. The van der Waals surface area contributed by atoms with E-state index in [9.17, 15) is 4.79 Å². The van der Waals surface area contributed by atoms with E-state index in [-0.39, 0.29) is 12.0 Å². The molecule has 1 amide bonds. The number of hydrogen-bond donors (Lipinski definition) is 0. The largest absolute Gasteiger partial charge is 0.490 e. The maximum absolute atomic E-state index is 12.8. The summed E-state index contributed by atoms with van der Waals surface area (Å²) in [5, 5.41) is 8.84. The van der Waals surface area contributed by atoms with Crippen LogP contribution in [0.15, 0.2) is 24.3 Å². The van der Waals surface area contributed by atoms with Crippen LogP contribution in [0.1, 0.15) is 44.1 Å². The molecule has 0 bridgehead atoms. The quantitative estimate of drug-likeness (QED) is 0.835. The fourth-order valence-corrected chi connectivity index (χ4v) is 4.20. The van der Waals surface area contributed by atoms with Gasteiger partial charge in [0.25, 0.3) is 0 Å². The van der Waals surface area contributed by atoms with Crippen LogP contribution >= 0.6 is 0 Å². The Labute approximate surface area is 155 Å². The minimum atomic E-state index is 0.119. The maximum Gasteiger partial charge on any atom is 0.226 e. The SMILES string of the molecule is N#Cc1ccc(OC2CC(C(=O)N3CCCN(C4CCC4)CC3)C2)cc1. The highest BCUT2D eigenvalue weighted by molar-refractivity contribution is 5.80. The molecule has 3 aliphatic rings. The van der Waals surface area contributed by atoms with Gasteiger partial charge in [0.05, 0.1) is 11.6 Å². The van der Waals surface area contributed by atoms with Crippen LogP contribution in [0.5, 0.6) is 5.75 Å². The predicted octanol–water partition coefficient (Wildman–Crippen LogP) is 2.80. The lowest BCUT2D eigenvalue weighted by molar-refractivity contribution is -0.141. The molecule has 1 aliphatic heterocycles. The van der Waals surface area contributed by atoms with Gasteiger partial charge in [-0.1, -0.05) is 6.42 Å². The van der Waals surface area contributed by atoms with Crippen LogP contribution in [0, 0.1) is 17.2 Å². The Hall–Kier alpha value is -2.06. The second-order valence-corrected chi connectivity index (χ2v) is 7.84. The Morgan fingerprint density at radius 3 is 2.46 bits per heavy atom. The molecule has 1 saturated heterocycles. The van der Waals surface area contributed by atoms with Crippen molar-refractivity contribution in [3.05, 3.63) is 29.8 Å². The van der Waals surface area contributed by atoms with Gasteiger partial charge in [0, 0.05) is 38.1 Å². The third kappa shape index (κ3) is 3.71. The number of ether oxygens (including phenoxy) is 1. The van der Waals surface area contributed by atoms with Crippen molar-refractivity contribution in [3.63, 3.8) is 0 Å². The summed E-state index contributed by atoms with van der Waals surface area (Å²) in [5.41, 5.74) is 0.635. The summed E-state index contributed by atoms with van der Waals surface area (Å²) in [6.07, 6.45) is 6.88. The minimum absolute atomic E-state index is 0.119. The fourth-order valence-electron chi connectivity index (χ4n) is 4.20. The van der Waals surface area contributed by atoms with Crippen LogP contribution in [0.25, 0.3) is 0 Å². The van der Waals surface area contributed by atoms with Crippen molar-refractivity contribution in [1.82, 2.24) is 9.80 Å². The molecule has 0 unspecified atom stereocenters. The smallest absolute Gasteiger partial charge is 0.226 e. The first-order valence-corrected chi connectivity index (χ1v) is 9.92. The highest BCUT2D eigenvalue weighted by Gasteiger charge is 2.39. The molecular weight excluding hydrogens is 326 g/mol. The van der Waals surface area contributed by atoms with Gasteiger partial charge in [0.15, 0.2) is 0 Å². The van der Waals surface area contributed by atoms with Gasteiger partial charge in [-0.2, -0.15) is 5.26 Å². The molecule has 4 rings (SSSR count). The number of carbonyl (C=O) groups excluding carboxylic acids is 1. The van der Waals surface area contributed by atoms with Gasteiger partial charge < -0.3 is 9.64 Å². The van der Waals surface area contributed by atoms with Crippen LogP contribution in [0.4, 0.5) is 0 Å². The molecule has 1 aromatic rings. The number of amides is 1. The van der Waals surface area contributed by atoms with E-state index in [0.29, 0.717) is 11.5 Å². The van der Waals surface area contributed by atoms with Crippen molar-refractivity contribution < 1.29 is 9.53 Å². The summed E-state index contributed by atoms with van der Waals surface area (Å²) in [6, 6.07) is 10.1. The van der Waals surface area contributed by atoms with Gasteiger partial charge in [-0.15, -0.1) is 0 Å². The third-order valence-corrected chi connectivity index (χ3v) is 6.16. The highest BCUT2D eigenvalue weighted by atomic mass is 16.5. The van der Waals surface area contributed by atoms with E-state index in [0.717, 1.165) is 57.2 Å². The van der Waals surface area contributed by atoms with Crippen LogP contribution in [0.3, 0.4) is 0 Å². The Morgan fingerprint density at radius 1 is 1.04 bits per heavy atom. The number of rotatable bonds is 4. The third-order valence-electron chi connectivity index (χ3n) is 6.16. The summed E-state index contributed by atoms with van der Waals surface area (Å²) in [6.45, 7) is 3.96. The molecule has 0 radical (unpaired) electrons. The first kappa shape index (κ1) is 17.4. The van der Waals surface area contributed by atoms with Gasteiger partial charge in [-0.25, -0.2) is 0 Å². The van der Waals surface area contributed by atoms with Gasteiger partial charge in [-0.3, -0.25) is 9.69 Å². The van der Waals surface area contributed by atoms with E-state index in [1.165, 1.54) is 19.3 Å². The van der Waals surface area contributed by atoms with E-state index in [4.69, 9.17) is 10.00 Å². The zero-order valence-corrected chi connectivity index (χ0v) is 15.3. The standard InChI is InChI=1S/C21H27N3O2/c22-15-16-5-7-19(8-6-16)26-20-13-17(14-20)21(25)24-10-2-9-23(11-12-24)18-3-1-4-18/h5-8,17-18,20H,1-4,9-14H2. The first-order valence-electron chi connectivity index (χ1n) is 9.92. The Bertz CT molecular complexity index is 671. The molecule has 3 fully saturated rings. The fraction of sp³-hybridized carbons (Fsp3) is 0.619. The van der Waals surface area contributed by atoms with Crippen LogP contribution in [-0.2, 0) is 4.79 Å². The van der Waals surface area contributed by atoms with Crippen molar-refractivity contribution in [2.24, 2.45) is 5.92 Å². The predicted molar refractivity (Wildman–Crippen MR) is 98.7 cm³/mol. The lowest BCUT2D eigenvalue weighted by Gasteiger charge is -2.38. The van der Waals surface area contributed by atoms with E-state index in [1.807, 2.05) is 12.1 Å². The van der Waals surface area contributed by atoms with Gasteiger partial charge in [-0.05, 0) is 56.4 Å². The van der Waals surface area contributed by atoms with Crippen molar-refractivity contribution in [1.29, 1.82) is 5.26 Å². The Kier molecular flexibility index (Phi) is 5.12. The second-order valence-electron chi connectivity index (χ2n) is 7.84. The minimum Gasteiger partial charge on any atom is -0.490 e. The average Bonchev–Trinajstić information content (AvgIpc) is 2.82. The van der Waals surface area contributed by atoms with Crippen molar-refractivity contribution in [2.45, 2.75) is 50.7 Å². The van der Waals surface area contributed by atoms with Gasteiger partial charge in [0.2, 0.25) is 5.91 Å². The maximum atomic E-state index is 12.8. The van der Waals surface area contributed by atoms with Crippen molar-refractivity contribution in [3.8, 4) is 11.8 Å². The topological polar surface area (TPSA) is 56.6 Å². The molecular formula is C21H27N3O2. The van der Waals surface area contributed by atoms with E-state index >= 15 is 0 Å². The highest BCUT2D eigenvalue weighted by Crippen LogP contribution is 2.33. The lowest BCUT2D eigenvalue weighted by Crippen LogP contribution is -2.47. The number of hydrogen-bond acceptors (Lipinski definition) is 4. The molecule has 0 atom stereocenters. The summed E-state index contributed by atoms with van der Waals surface area (Å²) in [7, 11) is 0. The molecule has 1 aromatic carbocycles. The van der Waals surface area contributed by atoms with Gasteiger partial charge >= 0.3 is 0 Å². The zero-order valence-electron chi connectivity index (χ0n) is 15.3. The summed E-state index contributed by atoms with van der Waals surface area (Å²) < 4.78 is 5.92. The summed E-state index contributed by atoms with van der Waals surface area (Å²) in [5.74, 6) is 1.22. The molecule has 0 spiro atoms. The second kappa shape index (κ2) is 7.67. The van der Waals surface area contributed by atoms with Crippen molar-refractivity contribution in [2.75, 3.05) is 26.2 Å².